The highest BCUT2D eigenvalue weighted by Gasteiger charge is 2.27. The van der Waals surface area contributed by atoms with Crippen molar-refractivity contribution >= 4 is 0 Å². The lowest BCUT2D eigenvalue weighted by atomic mass is 9.96. The first kappa shape index (κ1) is 18.8. The van der Waals surface area contributed by atoms with Gasteiger partial charge in [0.15, 0.2) is 0 Å². The molecule has 0 radical (unpaired) electrons. The fraction of sp³-hybridized carbons (Fsp3) is 0.348. The molecule has 0 unspecified atom stereocenters. The Morgan fingerprint density at radius 3 is 2.57 bits per heavy atom. The van der Waals surface area contributed by atoms with E-state index in [0.29, 0.717) is 17.6 Å². The summed E-state index contributed by atoms with van der Waals surface area (Å²) in [5, 5.41) is 4.18. The number of aryl methyl sites for hydroxylation is 2. The van der Waals surface area contributed by atoms with Crippen molar-refractivity contribution in [1.82, 2.24) is 24.6 Å². The Kier molecular flexibility index (Phi) is 4.96. The van der Waals surface area contributed by atoms with Gasteiger partial charge >= 0.3 is 0 Å². The van der Waals surface area contributed by atoms with Crippen LogP contribution in [0.25, 0.3) is 23.0 Å². The second-order valence-corrected chi connectivity index (χ2v) is 7.90. The van der Waals surface area contributed by atoms with Crippen LogP contribution in [0.2, 0.25) is 0 Å². The molecule has 0 saturated carbocycles. The molecule has 4 heterocycles. The van der Waals surface area contributed by atoms with Crippen LogP contribution >= 0.6 is 0 Å². The minimum atomic E-state index is 0.307. The van der Waals surface area contributed by atoms with Gasteiger partial charge < -0.3 is 13.5 Å². The minimum absolute atomic E-state index is 0.307. The van der Waals surface area contributed by atoms with Crippen molar-refractivity contribution in [2.75, 3.05) is 13.1 Å². The summed E-state index contributed by atoms with van der Waals surface area (Å²) in [4.78, 5) is 11.8. The van der Waals surface area contributed by atoms with Crippen molar-refractivity contribution in [3.63, 3.8) is 0 Å². The van der Waals surface area contributed by atoms with E-state index in [2.05, 4.69) is 15.0 Å². The van der Waals surface area contributed by atoms with Crippen LogP contribution in [0, 0.1) is 6.92 Å². The largest absolute Gasteiger partial charge is 0.441 e. The molecule has 0 spiro atoms. The zero-order chi connectivity index (χ0) is 20.5. The van der Waals surface area contributed by atoms with Crippen LogP contribution in [-0.4, -0.2) is 37.7 Å². The highest BCUT2D eigenvalue weighted by atomic mass is 16.5. The van der Waals surface area contributed by atoms with Gasteiger partial charge in [-0.2, -0.15) is 4.98 Å². The lowest BCUT2D eigenvalue weighted by molar-refractivity contribution is 0.185. The monoisotopic (exact) mass is 403 g/mol. The first-order valence-electron chi connectivity index (χ1n) is 10.4. The predicted octanol–water partition coefficient (Wildman–Crippen LogP) is 4.42. The Hall–Kier alpha value is -3.19. The van der Waals surface area contributed by atoms with Crippen LogP contribution in [0.3, 0.4) is 0 Å². The van der Waals surface area contributed by atoms with Crippen molar-refractivity contribution in [2.24, 2.45) is 7.05 Å². The normalized spacial score (nSPS) is 15.7. The predicted molar refractivity (Wildman–Crippen MR) is 113 cm³/mol. The summed E-state index contributed by atoms with van der Waals surface area (Å²) in [5.74, 6) is 3.29. The maximum atomic E-state index is 5.91. The van der Waals surface area contributed by atoms with Crippen LogP contribution < -0.4 is 0 Å². The lowest BCUT2D eigenvalue weighted by Crippen LogP contribution is -2.32. The summed E-state index contributed by atoms with van der Waals surface area (Å²) >= 11 is 0. The number of oxazole rings is 1. The molecule has 5 rings (SSSR count). The van der Waals surface area contributed by atoms with E-state index in [4.69, 9.17) is 13.9 Å². The van der Waals surface area contributed by atoms with Gasteiger partial charge in [0.05, 0.1) is 11.4 Å². The average Bonchev–Trinajstić information content (AvgIpc) is 3.50. The molecule has 4 aromatic rings. The Balaban J connectivity index is 1.21. The Morgan fingerprint density at radius 1 is 1.03 bits per heavy atom. The summed E-state index contributed by atoms with van der Waals surface area (Å²) in [5.41, 5.74) is 2.99. The first-order chi connectivity index (χ1) is 14.7. The van der Waals surface area contributed by atoms with E-state index in [-0.39, 0.29) is 0 Å². The zero-order valence-corrected chi connectivity index (χ0v) is 17.3. The smallest absolute Gasteiger partial charge is 0.230 e. The molecule has 0 bridgehead atoms. The van der Waals surface area contributed by atoms with Gasteiger partial charge in [-0.25, -0.2) is 4.98 Å². The number of nitrogens with zero attached hydrogens (tertiary/aromatic N) is 5. The molecule has 1 saturated heterocycles. The van der Waals surface area contributed by atoms with E-state index in [1.54, 1.807) is 0 Å². The molecule has 0 amide bonds. The fourth-order valence-corrected chi connectivity index (χ4v) is 4.03. The van der Waals surface area contributed by atoms with Gasteiger partial charge in [-0.05, 0) is 57.1 Å². The molecule has 7 nitrogen and oxygen atoms in total. The molecule has 3 aromatic heterocycles. The summed E-state index contributed by atoms with van der Waals surface area (Å²) in [6.45, 7) is 4.73. The molecule has 1 fully saturated rings. The van der Waals surface area contributed by atoms with E-state index in [9.17, 15) is 0 Å². The number of hydrogen-bond donors (Lipinski definition) is 0. The molecule has 0 atom stereocenters. The SMILES string of the molecule is Cc1oc(-c2ccccc2)nc1CN1CCC(c2nc(-c3cccn3C)no2)CC1. The van der Waals surface area contributed by atoms with Crippen molar-refractivity contribution in [3.05, 3.63) is 66.0 Å². The van der Waals surface area contributed by atoms with Crippen LogP contribution in [0.5, 0.6) is 0 Å². The molecule has 1 aromatic carbocycles. The van der Waals surface area contributed by atoms with Gasteiger partial charge in [0.2, 0.25) is 17.6 Å². The Bertz CT molecular complexity index is 1120. The quantitative estimate of drug-likeness (QED) is 0.491. The maximum absolute atomic E-state index is 5.91. The number of likely N-dealkylation sites (tertiary alicyclic amines) is 1. The number of hydrogen-bond acceptors (Lipinski definition) is 6. The third-order valence-corrected chi connectivity index (χ3v) is 5.84. The molecule has 0 aliphatic carbocycles. The summed E-state index contributed by atoms with van der Waals surface area (Å²) in [6, 6.07) is 14.0. The summed E-state index contributed by atoms with van der Waals surface area (Å²) in [7, 11) is 1.99. The number of benzene rings is 1. The fourth-order valence-electron chi connectivity index (χ4n) is 4.03. The third kappa shape index (κ3) is 3.68. The second kappa shape index (κ2) is 7.91. The van der Waals surface area contributed by atoms with Crippen LogP contribution in [-0.2, 0) is 13.6 Å². The molecule has 7 heteroatoms. The van der Waals surface area contributed by atoms with E-state index in [1.807, 2.05) is 67.2 Å². The number of rotatable bonds is 5. The second-order valence-electron chi connectivity index (χ2n) is 7.90. The number of aromatic nitrogens is 4. The summed E-state index contributed by atoms with van der Waals surface area (Å²) < 4.78 is 13.5. The first-order valence-corrected chi connectivity index (χ1v) is 10.4. The van der Waals surface area contributed by atoms with Crippen molar-refractivity contribution in [3.8, 4) is 23.0 Å². The van der Waals surface area contributed by atoms with Crippen LogP contribution in [0.15, 0.2) is 57.6 Å². The molecule has 1 aliphatic rings. The Morgan fingerprint density at radius 2 is 1.83 bits per heavy atom. The van der Waals surface area contributed by atoms with E-state index in [0.717, 1.165) is 61.1 Å². The Labute approximate surface area is 175 Å². The van der Waals surface area contributed by atoms with E-state index >= 15 is 0 Å². The molecular formula is C23H25N5O2. The van der Waals surface area contributed by atoms with Gasteiger partial charge in [0, 0.05) is 31.3 Å². The molecule has 154 valence electrons. The molecular weight excluding hydrogens is 378 g/mol. The number of piperidine rings is 1. The van der Waals surface area contributed by atoms with Gasteiger partial charge in [-0.15, -0.1) is 0 Å². The standard InChI is InChI=1S/C23H25N5O2/c1-16-19(24-22(29-16)17-7-4-3-5-8-17)15-28-13-10-18(11-14-28)23-25-21(26-30-23)20-9-6-12-27(20)2/h3-9,12,18H,10-11,13-15H2,1-2H3. The molecule has 1 aliphatic heterocycles. The van der Waals surface area contributed by atoms with Crippen molar-refractivity contribution in [1.29, 1.82) is 0 Å². The van der Waals surface area contributed by atoms with Crippen molar-refractivity contribution < 1.29 is 8.94 Å². The van der Waals surface area contributed by atoms with E-state index in [1.165, 1.54) is 0 Å². The van der Waals surface area contributed by atoms with Gasteiger partial charge in [-0.3, -0.25) is 4.90 Å². The highest BCUT2D eigenvalue weighted by molar-refractivity contribution is 5.53. The van der Waals surface area contributed by atoms with Crippen molar-refractivity contribution in [2.45, 2.75) is 32.2 Å². The third-order valence-electron chi connectivity index (χ3n) is 5.84. The van der Waals surface area contributed by atoms with E-state index < -0.39 is 0 Å². The van der Waals surface area contributed by atoms with Crippen LogP contribution in [0.1, 0.15) is 36.1 Å². The van der Waals surface area contributed by atoms with Crippen LogP contribution in [0.4, 0.5) is 0 Å². The zero-order valence-electron chi connectivity index (χ0n) is 17.3. The average molecular weight is 403 g/mol. The lowest BCUT2D eigenvalue weighted by Gasteiger charge is -2.29. The van der Waals surface area contributed by atoms with Gasteiger partial charge in [0.1, 0.15) is 5.76 Å². The minimum Gasteiger partial charge on any atom is -0.441 e. The van der Waals surface area contributed by atoms with Gasteiger partial charge in [-0.1, -0.05) is 23.4 Å². The maximum Gasteiger partial charge on any atom is 0.230 e. The molecule has 30 heavy (non-hydrogen) atoms. The highest BCUT2D eigenvalue weighted by Crippen LogP contribution is 2.30. The molecule has 0 N–H and O–H groups in total. The summed E-state index contributed by atoms with van der Waals surface area (Å²) in [6.07, 6.45) is 3.98. The topological polar surface area (TPSA) is 73.1 Å². The van der Waals surface area contributed by atoms with Gasteiger partial charge in [0.25, 0.3) is 0 Å².